The minimum absolute atomic E-state index is 0.0852. The van der Waals surface area contributed by atoms with Crippen molar-refractivity contribution in [3.63, 3.8) is 0 Å². The molecule has 0 aliphatic carbocycles. The van der Waals surface area contributed by atoms with E-state index in [0.29, 0.717) is 6.54 Å². The predicted octanol–water partition coefficient (Wildman–Crippen LogP) is 3.60. The van der Waals surface area contributed by atoms with E-state index in [9.17, 15) is 9.18 Å². The summed E-state index contributed by atoms with van der Waals surface area (Å²) in [5, 5.41) is 7.12. The molecule has 0 saturated carbocycles. The lowest BCUT2D eigenvalue weighted by Crippen LogP contribution is -2.45. The number of nitrogens with one attached hydrogen (secondary N) is 1. The van der Waals surface area contributed by atoms with Crippen LogP contribution in [0.25, 0.3) is 0 Å². The van der Waals surface area contributed by atoms with Crippen molar-refractivity contribution in [2.75, 3.05) is 18.4 Å². The van der Waals surface area contributed by atoms with E-state index >= 15 is 0 Å². The molecular formula is C16H17FN2OS. The SMILES string of the molecule is O=C(c1ccsc1)N1CCCC(Nc2cccc(F)c2)C1. The minimum atomic E-state index is -0.248. The van der Waals surface area contributed by atoms with E-state index in [2.05, 4.69) is 5.32 Å². The van der Waals surface area contributed by atoms with Crippen molar-refractivity contribution in [3.05, 3.63) is 52.5 Å². The molecule has 5 heteroatoms. The number of anilines is 1. The Morgan fingerprint density at radius 2 is 2.29 bits per heavy atom. The largest absolute Gasteiger partial charge is 0.380 e. The van der Waals surface area contributed by atoms with Crippen molar-refractivity contribution >= 4 is 22.9 Å². The number of amides is 1. The number of hydrogen-bond donors (Lipinski definition) is 1. The van der Waals surface area contributed by atoms with Gasteiger partial charge in [-0.3, -0.25) is 4.79 Å². The Morgan fingerprint density at radius 1 is 1.38 bits per heavy atom. The molecule has 1 N–H and O–H groups in total. The second-order valence-corrected chi connectivity index (χ2v) is 6.04. The second kappa shape index (κ2) is 6.26. The zero-order valence-electron chi connectivity index (χ0n) is 11.6. The molecule has 3 nitrogen and oxygen atoms in total. The molecule has 1 saturated heterocycles. The predicted molar refractivity (Wildman–Crippen MR) is 83.3 cm³/mol. The molecule has 0 radical (unpaired) electrons. The first-order valence-electron chi connectivity index (χ1n) is 7.06. The van der Waals surface area contributed by atoms with Crippen molar-refractivity contribution in [2.45, 2.75) is 18.9 Å². The lowest BCUT2D eigenvalue weighted by molar-refractivity contribution is 0.0715. The van der Waals surface area contributed by atoms with Gasteiger partial charge in [-0.2, -0.15) is 11.3 Å². The average Bonchev–Trinajstić information content (AvgIpc) is 3.01. The minimum Gasteiger partial charge on any atom is -0.380 e. The summed E-state index contributed by atoms with van der Waals surface area (Å²) in [5.74, 6) is -0.163. The topological polar surface area (TPSA) is 32.3 Å². The summed E-state index contributed by atoms with van der Waals surface area (Å²) < 4.78 is 13.2. The summed E-state index contributed by atoms with van der Waals surface area (Å²) in [6.45, 7) is 1.45. The summed E-state index contributed by atoms with van der Waals surface area (Å²) in [5.41, 5.74) is 1.52. The molecule has 1 aromatic heterocycles. The lowest BCUT2D eigenvalue weighted by Gasteiger charge is -2.33. The number of rotatable bonds is 3. The zero-order valence-corrected chi connectivity index (χ0v) is 12.4. The van der Waals surface area contributed by atoms with Crippen LogP contribution in [0.3, 0.4) is 0 Å². The molecule has 1 aliphatic rings. The fourth-order valence-corrected chi connectivity index (χ4v) is 3.29. The normalized spacial score (nSPS) is 18.5. The molecular weight excluding hydrogens is 287 g/mol. The maximum absolute atomic E-state index is 13.2. The highest BCUT2D eigenvalue weighted by atomic mass is 32.1. The van der Waals surface area contributed by atoms with Gasteiger partial charge in [0.25, 0.3) is 5.91 Å². The number of carbonyl (C=O) groups is 1. The lowest BCUT2D eigenvalue weighted by atomic mass is 10.0. The van der Waals surface area contributed by atoms with E-state index in [1.165, 1.54) is 23.5 Å². The molecule has 1 aromatic carbocycles. The van der Waals surface area contributed by atoms with Gasteiger partial charge < -0.3 is 10.2 Å². The Morgan fingerprint density at radius 3 is 3.05 bits per heavy atom. The van der Waals surface area contributed by atoms with Crippen LogP contribution in [0.2, 0.25) is 0 Å². The van der Waals surface area contributed by atoms with Crippen LogP contribution in [0, 0.1) is 5.82 Å². The van der Waals surface area contributed by atoms with Crippen LogP contribution in [-0.4, -0.2) is 29.9 Å². The maximum atomic E-state index is 13.2. The van der Waals surface area contributed by atoms with Crippen LogP contribution in [0.1, 0.15) is 23.2 Å². The first kappa shape index (κ1) is 14.1. The zero-order chi connectivity index (χ0) is 14.7. The van der Waals surface area contributed by atoms with Gasteiger partial charge in [-0.25, -0.2) is 4.39 Å². The number of carbonyl (C=O) groups excluding carboxylic acids is 1. The average molecular weight is 304 g/mol. The van der Waals surface area contributed by atoms with E-state index in [-0.39, 0.29) is 17.8 Å². The van der Waals surface area contributed by atoms with Gasteiger partial charge in [0.1, 0.15) is 5.82 Å². The van der Waals surface area contributed by atoms with E-state index in [0.717, 1.165) is 30.6 Å². The molecule has 110 valence electrons. The molecule has 0 bridgehead atoms. The number of thiophene rings is 1. The fraction of sp³-hybridized carbons (Fsp3) is 0.312. The van der Waals surface area contributed by atoms with Crippen molar-refractivity contribution < 1.29 is 9.18 Å². The summed E-state index contributed by atoms with van der Waals surface area (Å²) in [4.78, 5) is 14.2. The Bertz CT molecular complexity index is 614. The van der Waals surface area contributed by atoms with Crippen molar-refractivity contribution in [1.29, 1.82) is 0 Å². The third-order valence-corrected chi connectivity index (χ3v) is 4.36. The maximum Gasteiger partial charge on any atom is 0.254 e. The summed E-state index contributed by atoms with van der Waals surface area (Å²) in [6.07, 6.45) is 1.95. The monoisotopic (exact) mass is 304 g/mol. The summed E-state index contributed by atoms with van der Waals surface area (Å²) >= 11 is 1.53. The molecule has 3 rings (SSSR count). The standard InChI is InChI=1S/C16H17FN2OS/c17-13-3-1-4-14(9-13)18-15-5-2-7-19(10-15)16(20)12-6-8-21-11-12/h1,3-4,6,8-9,11,15,18H,2,5,7,10H2. The highest BCUT2D eigenvalue weighted by molar-refractivity contribution is 7.08. The molecule has 1 fully saturated rings. The molecule has 1 aliphatic heterocycles. The number of likely N-dealkylation sites (tertiary alicyclic amines) is 1. The summed E-state index contributed by atoms with van der Waals surface area (Å²) in [6, 6.07) is 8.48. The molecule has 1 unspecified atom stereocenters. The molecule has 1 atom stereocenters. The second-order valence-electron chi connectivity index (χ2n) is 5.26. The van der Waals surface area contributed by atoms with Crippen LogP contribution in [0.4, 0.5) is 10.1 Å². The van der Waals surface area contributed by atoms with Gasteiger partial charge in [-0.05, 0) is 42.5 Å². The highest BCUT2D eigenvalue weighted by Gasteiger charge is 2.24. The van der Waals surface area contributed by atoms with Crippen molar-refractivity contribution in [1.82, 2.24) is 4.90 Å². The van der Waals surface area contributed by atoms with Gasteiger partial charge in [0.15, 0.2) is 0 Å². The Labute approximate surface area is 127 Å². The highest BCUT2D eigenvalue weighted by Crippen LogP contribution is 2.19. The quantitative estimate of drug-likeness (QED) is 0.939. The number of benzene rings is 1. The number of hydrogen-bond acceptors (Lipinski definition) is 3. The number of piperidine rings is 1. The Kier molecular flexibility index (Phi) is 4.20. The molecule has 0 spiro atoms. The smallest absolute Gasteiger partial charge is 0.254 e. The number of halogens is 1. The Hall–Kier alpha value is -1.88. The van der Waals surface area contributed by atoms with Gasteiger partial charge in [-0.1, -0.05) is 6.07 Å². The number of nitrogens with zero attached hydrogens (tertiary/aromatic N) is 1. The third kappa shape index (κ3) is 3.42. The fourth-order valence-electron chi connectivity index (χ4n) is 2.66. The molecule has 1 amide bonds. The van der Waals surface area contributed by atoms with E-state index in [1.807, 2.05) is 27.8 Å². The van der Waals surface area contributed by atoms with Crippen molar-refractivity contribution in [2.24, 2.45) is 0 Å². The third-order valence-electron chi connectivity index (χ3n) is 3.67. The van der Waals surface area contributed by atoms with Gasteiger partial charge in [0.2, 0.25) is 0 Å². The van der Waals surface area contributed by atoms with Gasteiger partial charge in [-0.15, -0.1) is 0 Å². The summed E-state index contributed by atoms with van der Waals surface area (Å²) in [7, 11) is 0. The molecule has 21 heavy (non-hydrogen) atoms. The van der Waals surface area contributed by atoms with Crippen LogP contribution >= 0.6 is 11.3 Å². The van der Waals surface area contributed by atoms with Gasteiger partial charge >= 0.3 is 0 Å². The van der Waals surface area contributed by atoms with Crippen LogP contribution in [0.5, 0.6) is 0 Å². The van der Waals surface area contributed by atoms with E-state index < -0.39 is 0 Å². The molecule has 2 aromatic rings. The molecule has 2 heterocycles. The van der Waals surface area contributed by atoms with Gasteiger partial charge in [0.05, 0.1) is 5.56 Å². The van der Waals surface area contributed by atoms with Crippen LogP contribution < -0.4 is 5.32 Å². The first-order chi connectivity index (χ1) is 10.2. The van der Waals surface area contributed by atoms with Crippen LogP contribution in [-0.2, 0) is 0 Å². The van der Waals surface area contributed by atoms with Crippen LogP contribution in [0.15, 0.2) is 41.1 Å². The van der Waals surface area contributed by atoms with Crippen molar-refractivity contribution in [3.8, 4) is 0 Å². The Balaban J connectivity index is 1.64. The van der Waals surface area contributed by atoms with E-state index in [4.69, 9.17) is 0 Å². The van der Waals surface area contributed by atoms with E-state index in [1.54, 1.807) is 6.07 Å². The first-order valence-corrected chi connectivity index (χ1v) is 8.00. The van der Waals surface area contributed by atoms with Gasteiger partial charge in [0, 0.05) is 30.2 Å².